The fourth-order valence-corrected chi connectivity index (χ4v) is 6.21. The summed E-state index contributed by atoms with van der Waals surface area (Å²) in [6.45, 7) is 2.04. The van der Waals surface area contributed by atoms with Gasteiger partial charge in [0.2, 0.25) is 11.8 Å². The Labute approximate surface area is 187 Å². The number of carbonyl (C=O) groups is 3. The fraction of sp³-hybridized carbons (Fsp3) is 0.370. The van der Waals surface area contributed by atoms with Gasteiger partial charge in [-0.1, -0.05) is 49.4 Å². The molecule has 0 spiro atoms. The van der Waals surface area contributed by atoms with Crippen molar-refractivity contribution in [2.75, 3.05) is 11.6 Å². The topological polar surface area (TPSA) is 57.7 Å². The normalized spacial score (nSPS) is 31.5. The Balaban J connectivity index is 1.33. The molecule has 0 N–H and O–H groups in total. The van der Waals surface area contributed by atoms with Crippen LogP contribution >= 0.6 is 0 Å². The first kappa shape index (κ1) is 19.5. The molecule has 2 aromatic carbocycles. The molecular formula is C27H26N2O3. The van der Waals surface area contributed by atoms with Crippen LogP contribution in [0.25, 0.3) is 0 Å². The third-order valence-electron chi connectivity index (χ3n) is 7.96. The largest absolute Gasteiger partial charge is 0.290 e. The van der Waals surface area contributed by atoms with E-state index in [1.807, 2.05) is 42.5 Å². The smallest absolute Gasteiger partial charge is 0.259 e. The predicted octanol–water partition coefficient (Wildman–Crippen LogP) is 3.91. The monoisotopic (exact) mass is 426 g/mol. The molecule has 2 aromatic rings. The molecule has 5 heteroatoms. The molecule has 0 radical (unpaired) electrons. The number of hydrogen-bond donors (Lipinski definition) is 0. The Morgan fingerprint density at radius 3 is 2.06 bits per heavy atom. The number of likely N-dealkylation sites (tertiary alicyclic amines) is 1. The number of anilines is 1. The maximum atomic E-state index is 13.5. The molecule has 1 saturated heterocycles. The van der Waals surface area contributed by atoms with Crippen molar-refractivity contribution >= 4 is 23.4 Å². The summed E-state index contributed by atoms with van der Waals surface area (Å²) in [5.74, 6) is 0.542. The zero-order chi connectivity index (χ0) is 22.0. The second-order valence-corrected chi connectivity index (χ2v) is 9.52. The van der Waals surface area contributed by atoms with Gasteiger partial charge in [0, 0.05) is 11.3 Å². The Morgan fingerprint density at radius 1 is 0.906 bits per heavy atom. The van der Waals surface area contributed by atoms with Gasteiger partial charge in [-0.3, -0.25) is 24.2 Å². The highest BCUT2D eigenvalue weighted by molar-refractivity contribution is 6.09. The first-order chi connectivity index (χ1) is 15.6. The van der Waals surface area contributed by atoms with Crippen LogP contribution in [-0.4, -0.2) is 29.3 Å². The van der Waals surface area contributed by atoms with Gasteiger partial charge in [-0.05, 0) is 66.3 Å². The molecule has 2 saturated carbocycles. The van der Waals surface area contributed by atoms with Gasteiger partial charge in [0.15, 0.2) is 0 Å². The lowest BCUT2D eigenvalue weighted by Crippen LogP contribution is -2.45. The first-order valence-corrected chi connectivity index (χ1v) is 11.6. The lowest BCUT2D eigenvalue weighted by Gasteiger charge is -2.37. The summed E-state index contributed by atoms with van der Waals surface area (Å²) >= 11 is 0. The molecule has 162 valence electrons. The first-order valence-electron chi connectivity index (χ1n) is 11.6. The molecule has 6 atom stereocenters. The van der Waals surface area contributed by atoms with Gasteiger partial charge in [0.25, 0.3) is 5.91 Å². The predicted molar refractivity (Wildman–Crippen MR) is 120 cm³/mol. The molecule has 5 aliphatic rings. The zero-order valence-corrected chi connectivity index (χ0v) is 18.1. The van der Waals surface area contributed by atoms with Crippen LogP contribution in [0.4, 0.5) is 5.69 Å². The third kappa shape index (κ3) is 2.80. The van der Waals surface area contributed by atoms with Crippen LogP contribution in [0.1, 0.15) is 29.3 Å². The Hall–Kier alpha value is -3.21. The number of amides is 3. The van der Waals surface area contributed by atoms with E-state index in [0.29, 0.717) is 23.1 Å². The molecular weight excluding hydrogens is 400 g/mol. The summed E-state index contributed by atoms with van der Waals surface area (Å²) in [5.41, 5.74) is 2.39. The average Bonchev–Trinajstić information content (AvgIpc) is 3.63. The van der Waals surface area contributed by atoms with Crippen molar-refractivity contribution in [3.05, 3.63) is 77.9 Å². The zero-order valence-electron chi connectivity index (χ0n) is 18.1. The van der Waals surface area contributed by atoms with E-state index in [0.717, 1.165) is 12.8 Å². The van der Waals surface area contributed by atoms with Gasteiger partial charge in [0.05, 0.1) is 11.8 Å². The number of benzene rings is 2. The quantitative estimate of drug-likeness (QED) is 0.538. The third-order valence-corrected chi connectivity index (χ3v) is 7.96. The van der Waals surface area contributed by atoms with Gasteiger partial charge in [-0.25, -0.2) is 0 Å². The minimum atomic E-state index is -0.252. The standard InChI is InChI=1S/C27H26N2O3/c1-2-16-8-10-18(11-9-16)28(25(30)17-6-4-3-5-7-17)15-29-26(31)23-19-12-13-20(22-14-21(19)22)24(23)27(29)32/h3-13,19-24H,2,14-15H2,1H3/t19-,20-,21-,22-,23-,24+/m1/s1. The lowest BCUT2D eigenvalue weighted by molar-refractivity contribution is -0.140. The molecule has 4 aliphatic carbocycles. The number of carbonyl (C=O) groups excluding carboxylic acids is 3. The summed E-state index contributed by atoms with van der Waals surface area (Å²) in [6, 6.07) is 16.8. The summed E-state index contributed by atoms with van der Waals surface area (Å²) in [5, 5.41) is 0. The second-order valence-electron chi connectivity index (χ2n) is 9.52. The van der Waals surface area contributed by atoms with Crippen molar-refractivity contribution in [3.63, 3.8) is 0 Å². The van der Waals surface area contributed by atoms with E-state index in [9.17, 15) is 14.4 Å². The number of allylic oxidation sites excluding steroid dienone is 2. The van der Waals surface area contributed by atoms with Gasteiger partial charge in [-0.2, -0.15) is 0 Å². The van der Waals surface area contributed by atoms with Gasteiger partial charge >= 0.3 is 0 Å². The van der Waals surface area contributed by atoms with Crippen LogP contribution in [0.2, 0.25) is 0 Å². The molecule has 32 heavy (non-hydrogen) atoms. The molecule has 7 rings (SSSR count). The summed E-state index contributed by atoms with van der Waals surface area (Å²) < 4.78 is 0. The Kier molecular flexibility index (Phi) is 4.36. The number of aryl methyl sites for hydroxylation is 1. The number of rotatable bonds is 5. The summed E-state index contributed by atoms with van der Waals surface area (Å²) in [7, 11) is 0. The summed E-state index contributed by atoms with van der Waals surface area (Å²) in [6.07, 6.45) is 6.38. The number of imide groups is 1. The maximum absolute atomic E-state index is 13.5. The van der Waals surface area contributed by atoms with E-state index in [1.165, 1.54) is 10.5 Å². The van der Waals surface area contributed by atoms with Crippen LogP contribution in [0.5, 0.6) is 0 Å². The highest BCUT2D eigenvalue weighted by Crippen LogP contribution is 2.65. The van der Waals surface area contributed by atoms with E-state index < -0.39 is 0 Å². The summed E-state index contributed by atoms with van der Waals surface area (Å²) in [4.78, 5) is 43.3. The highest BCUT2D eigenvalue weighted by atomic mass is 16.2. The van der Waals surface area contributed by atoms with E-state index in [4.69, 9.17) is 0 Å². The Bertz CT molecular complexity index is 1090. The molecule has 0 unspecified atom stereocenters. The van der Waals surface area contributed by atoms with Crippen molar-refractivity contribution in [2.24, 2.45) is 35.5 Å². The number of hydrogen-bond acceptors (Lipinski definition) is 3. The minimum absolute atomic E-state index is 0.0430. The van der Waals surface area contributed by atoms with Crippen molar-refractivity contribution < 1.29 is 14.4 Å². The molecule has 1 aliphatic heterocycles. The molecule has 5 nitrogen and oxygen atoms in total. The van der Waals surface area contributed by atoms with Crippen LogP contribution in [0.3, 0.4) is 0 Å². The van der Waals surface area contributed by atoms with Crippen molar-refractivity contribution in [1.29, 1.82) is 0 Å². The number of nitrogens with zero attached hydrogens (tertiary/aromatic N) is 2. The van der Waals surface area contributed by atoms with Gasteiger partial charge < -0.3 is 0 Å². The van der Waals surface area contributed by atoms with E-state index in [-0.39, 0.29) is 48.1 Å². The van der Waals surface area contributed by atoms with Gasteiger partial charge in [0.1, 0.15) is 6.67 Å². The molecule has 1 heterocycles. The maximum Gasteiger partial charge on any atom is 0.259 e. The molecule has 3 amide bonds. The van der Waals surface area contributed by atoms with E-state index in [1.54, 1.807) is 17.0 Å². The second kappa shape index (κ2) is 7.16. The lowest BCUT2D eigenvalue weighted by atomic mass is 9.63. The van der Waals surface area contributed by atoms with E-state index in [2.05, 4.69) is 19.1 Å². The van der Waals surface area contributed by atoms with E-state index >= 15 is 0 Å². The van der Waals surface area contributed by atoms with Crippen LogP contribution in [-0.2, 0) is 16.0 Å². The van der Waals surface area contributed by atoms with Crippen LogP contribution < -0.4 is 4.90 Å². The molecule has 2 bridgehead atoms. The minimum Gasteiger partial charge on any atom is -0.290 e. The average molecular weight is 427 g/mol. The van der Waals surface area contributed by atoms with Crippen molar-refractivity contribution in [1.82, 2.24) is 4.90 Å². The van der Waals surface area contributed by atoms with Gasteiger partial charge in [-0.15, -0.1) is 0 Å². The molecule has 3 fully saturated rings. The highest BCUT2D eigenvalue weighted by Gasteiger charge is 2.67. The molecule has 0 aromatic heterocycles. The van der Waals surface area contributed by atoms with Crippen molar-refractivity contribution in [2.45, 2.75) is 19.8 Å². The van der Waals surface area contributed by atoms with Crippen LogP contribution in [0.15, 0.2) is 66.7 Å². The SMILES string of the molecule is CCc1ccc(N(CN2C(=O)[C@@H]3[C@@H]4C=C[C@H]([C@H]5C[C@H]45)[C@@H]3C2=O)C(=O)c2ccccc2)cc1. The van der Waals surface area contributed by atoms with Crippen molar-refractivity contribution in [3.8, 4) is 0 Å². The Morgan fingerprint density at radius 2 is 1.50 bits per heavy atom. The van der Waals surface area contributed by atoms with Crippen LogP contribution in [0, 0.1) is 35.5 Å². The fourth-order valence-electron chi connectivity index (χ4n) is 6.21.